The number of nitrogens with one attached hydrogen (secondary N) is 1. The zero-order valence-electron chi connectivity index (χ0n) is 7.75. The number of carbonyl (C=O) groups is 2. The molecule has 1 fully saturated rings. The zero-order chi connectivity index (χ0) is 9.84. The molecule has 0 unspecified atom stereocenters. The van der Waals surface area contributed by atoms with Crippen LogP contribution in [-0.4, -0.2) is 23.0 Å². The first-order valence-electron chi connectivity index (χ1n) is 4.59. The van der Waals surface area contributed by atoms with Gasteiger partial charge in [-0.25, -0.2) is 4.79 Å². The van der Waals surface area contributed by atoms with Gasteiger partial charge in [0.1, 0.15) is 6.04 Å². The zero-order valence-corrected chi connectivity index (χ0v) is 7.75. The first-order chi connectivity index (χ1) is 6.09. The monoisotopic (exact) mass is 185 g/mol. The highest BCUT2D eigenvalue weighted by Crippen LogP contribution is 2.30. The molecule has 0 saturated heterocycles. The molecule has 0 aromatic rings. The van der Waals surface area contributed by atoms with Crippen molar-refractivity contribution in [3.05, 3.63) is 0 Å². The average molecular weight is 185 g/mol. The standard InChI is InChI=1S/C9H15NO3/c1-6(11)10-8(9(12)13)5-7-3-2-4-7/h7-8H,2-5H2,1H3,(H,10,11)(H,12,13)/t8-/m0/s1. The second-order valence-corrected chi connectivity index (χ2v) is 3.62. The predicted molar refractivity (Wildman–Crippen MR) is 47.2 cm³/mol. The third-order valence-corrected chi connectivity index (χ3v) is 2.47. The Morgan fingerprint density at radius 2 is 2.15 bits per heavy atom. The van der Waals surface area contributed by atoms with Crippen molar-refractivity contribution in [3.63, 3.8) is 0 Å². The molecule has 0 bridgehead atoms. The molecule has 1 amide bonds. The Balaban J connectivity index is 2.36. The molecule has 0 spiro atoms. The second kappa shape index (κ2) is 4.25. The Kier molecular flexibility index (Phi) is 3.28. The lowest BCUT2D eigenvalue weighted by molar-refractivity contribution is -0.142. The largest absolute Gasteiger partial charge is 0.480 e. The minimum absolute atomic E-state index is 0.272. The van der Waals surface area contributed by atoms with Gasteiger partial charge in [0.2, 0.25) is 5.91 Å². The van der Waals surface area contributed by atoms with E-state index in [2.05, 4.69) is 5.32 Å². The number of carboxylic acids is 1. The third-order valence-electron chi connectivity index (χ3n) is 2.47. The highest BCUT2D eigenvalue weighted by atomic mass is 16.4. The lowest BCUT2D eigenvalue weighted by Gasteiger charge is -2.28. The van der Waals surface area contributed by atoms with Crippen molar-refractivity contribution >= 4 is 11.9 Å². The summed E-state index contributed by atoms with van der Waals surface area (Å²) in [6, 6.07) is -0.692. The van der Waals surface area contributed by atoms with Gasteiger partial charge in [0.25, 0.3) is 0 Å². The number of amides is 1. The summed E-state index contributed by atoms with van der Waals surface area (Å²) in [6.45, 7) is 1.34. The summed E-state index contributed by atoms with van der Waals surface area (Å²) in [7, 11) is 0. The smallest absolute Gasteiger partial charge is 0.326 e. The van der Waals surface area contributed by atoms with E-state index in [1.165, 1.54) is 13.3 Å². The Morgan fingerprint density at radius 3 is 2.46 bits per heavy atom. The quantitative estimate of drug-likeness (QED) is 0.679. The highest BCUT2D eigenvalue weighted by Gasteiger charge is 2.26. The Morgan fingerprint density at radius 1 is 1.54 bits per heavy atom. The summed E-state index contributed by atoms with van der Waals surface area (Å²) < 4.78 is 0. The molecule has 0 heterocycles. The summed E-state index contributed by atoms with van der Waals surface area (Å²) in [6.07, 6.45) is 3.97. The predicted octanol–water partition coefficient (Wildman–Crippen LogP) is 0.766. The van der Waals surface area contributed by atoms with E-state index in [1.54, 1.807) is 0 Å². The molecule has 1 aliphatic rings. The van der Waals surface area contributed by atoms with E-state index >= 15 is 0 Å². The molecule has 74 valence electrons. The molecule has 4 heteroatoms. The van der Waals surface area contributed by atoms with Crippen LogP contribution in [0.4, 0.5) is 0 Å². The van der Waals surface area contributed by atoms with E-state index in [0.717, 1.165) is 12.8 Å². The summed E-state index contributed by atoms with van der Waals surface area (Å²) in [5, 5.41) is 11.2. The van der Waals surface area contributed by atoms with Crippen LogP contribution in [0.15, 0.2) is 0 Å². The molecule has 0 aliphatic heterocycles. The molecule has 4 nitrogen and oxygen atoms in total. The Labute approximate surface area is 77.3 Å². The van der Waals surface area contributed by atoms with Crippen molar-refractivity contribution < 1.29 is 14.7 Å². The third kappa shape index (κ3) is 3.05. The summed E-state index contributed by atoms with van der Waals surface area (Å²) in [4.78, 5) is 21.4. The van der Waals surface area contributed by atoms with Crippen molar-refractivity contribution in [2.45, 2.75) is 38.6 Å². The molecular formula is C9H15NO3. The molecule has 0 radical (unpaired) electrons. The molecule has 2 N–H and O–H groups in total. The number of carbonyl (C=O) groups excluding carboxylic acids is 1. The van der Waals surface area contributed by atoms with E-state index in [0.29, 0.717) is 12.3 Å². The van der Waals surface area contributed by atoms with Crippen molar-refractivity contribution in [3.8, 4) is 0 Å². The van der Waals surface area contributed by atoms with E-state index in [4.69, 9.17) is 5.11 Å². The Bertz CT molecular complexity index is 211. The molecule has 13 heavy (non-hydrogen) atoms. The van der Waals surface area contributed by atoms with Gasteiger partial charge in [-0.05, 0) is 12.3 Å². The maximum atomic E-state index is 10.7. The van der Waals surface area contributed by atoms with Gasteiger partial charge in [-0.15, -0.1) is 0 Å². The molecule has 1 atom stereocenters. The van der Waals surface area contributed by atoms with Gasteiger partial charge < -0.3 is 10.4 Å². The normalized spacial score (nSPS) is 18.8. The van der Waals surface area contributed by atoms with Crippen LogP contribution < -0.4 is 5.32 Å². The second-order valence-electron chi connectivity index (χ2n) is 3.62. The maximum Gasteiger partial charge on any atom is 0.326 e. The van der Waals surface area contributed by atoms with E-state index in [-0.39, 0.29) is 5.91 Å². The highest BCUT2D eigenvalue weighted by molar-refractivity contribution is 5.82. The lowest BCUT2D eigenvalue weighted by atomic mass is 9.81. The molecular weight excluding hydrogens is 170 g/mol. The van der Waals surface area contributed by atoms with Crippen LogP contribution >= 0.6 is 0 Å². The topological polar surface area (TPSA) is 66.4 Å². The van der Waals surface area contributed by atoms with Crippen molar-refractivity contribution in [2.75, 3.05) is 0 Å². The van der Waals surface area contributed by atoms with Gasteiger partial charge in [0, 0.05) is 6.92 Å². The van der Waals surface area contributed by atoms with Gasteiger partial charge >= 0.3 is 5.97 Å². The fourth-order valence-electron chi connectivity index (χ4n) is 1.53. The molecule has 0 aromatic heterocycles. The molecule has 1 saturated carbocycles. The summed E-state index contributed by atoms with van der Waals surface area (Å²) >= 11 is 0. The van der Waals surface area contributed by atoms with E-state index in [1.807, 2.05) is 0 Å². The van der Waals surface area contributed by atoms with Crippen LogP contribution in [0.1, 0.15) is 32.6 Å². The van der Waals surface area contributed by atoms with Gasteiger partial charge in [0.15, 0.2) is 0 Å². The van der Waals surface area contributed by atoms with Gasteiger partial charge in [-0.3, -0.25) is 4.79 Å². The SMILES string of the molecule is CC(=O)N[C@@H](CC1CCC1)C(=O)O. The van der Waals surface area contributed by atoms with E-state index in [9.17, 15) is 9.59 Å². The van der Waals surface area contributed by atoms with Crippen LogP contribution in [0.2, 0.25) is 0 Å². The van der Waals surface area contributed by atoms with Crippen LogP contribution in [0.3, 0.4) is 0 Å². The number of hydrogen-bond donors (Lipinski definition) is 2. The number of aliphatic carboxylic acids is 1. The van der Waals surface area contributed by atoms with Gasteiger partial charge in [-0.2, -0.15) is 0 Å². The number of rotatable bonds is 4. The molecule has 1 rings (SSSR count). The van der Waals surface area contributed by atoms with Gasteiger partial charge in [-0.1, -0.05) is 19.3 Å². The van der Waals surface area contributed by atoms with E-state index < -0.39 is 12.0 Å². The first-order valence-corrected chi connectivity index (χ1v) is 4.59. The maximum absolute atomic E-state index is 10.7. The van der Waals surface area contributed by atoms with Crippen LogP contribution in [0.5, 0.6) is 0 Å². The van der Waals surface area contributed by atoms with Gasteiger partial charge in [0.05, 0.1) is 0 Å². The average Bonchev–Trinajstić information content (AvgIpc) is 1.92. The molecule has 1 aliphatic carbocycles. The molecule has 0 aromatic carbocycles. The minimum Gasteiger partial charge on any atom is -0.480 e. The summed E-state index contributed by atoms with van der Waals surface area (Å²) in [5.41, 5.74) is 0. The van der Waals surface area contributed by atoms with Crippen LogP contribution in [0, 0.1) is 5.92 Å². The van der Waals surface area contributed by atoms with Crippen molar-refractivity contribution in [1.29, 1.82) is 0 Å². The van der Waals surface area contributed by atoms with Crippen LogP contribution in [0.25, 0.3) is 0 Å². The fraction of sp³-hybridized carbons (Fsp3) is 0.778. The summed E-state index contributed by atoms with van der Waals surface area (Å²) in [5.74, 6) is -0.707. The minimum atomic E-state index is -0.929. The van der Waals surface area contributed by atoms with Crippen LogP contribution in [-0.2, 0) is 9.59 Å². The lowest BCUT2D eigenvalue weighted by Crippen LogP contribution is -2.41. The fourth-order valence-corrected chi connectivity index (χ4v) is 1.53. The van der Waals surface area contributed by atoms with Crippen molar-refractivity contribution in [2.24, 2.45) is 5.92 Å². The number of hydrogen-bond acceptors (Lipinski definition) is 2. The Hall–Kier alpha value is -1.06. The van der Waals surface area contributed by atoms with Crippen molar-refractivity contribution in [1.82, 2.24) is 5.32 Å². The first kappa shape index (κ1) is 10.0. The number of carboxylic acid groups (broad SMARTS) is 1.